The Morgan fingerprint density at radius 1 is 1.47 bits per heavy atom. The molecule has 1 saturated heterocycles. The fourth-order valence-electron chi connectivity index (χ4n) is 2.48. The monoisotopic (exact) mass is 323 g/mol. The molecular formula is C14H18BrN3O. The molecule has 1 N–H and O–H groups in total. The summed E-state index contributed by atoms with van der Waals surface area (Å²) in [5.74, 6) is 0.849. The number of ether oxygens (including phenoxy) is 1. The molecule has 19 heavy (non-hydrogen) atoms. The minimum absolute atomic E-state index is 0.0968. The topological polar surface area (TPSA) is 48.3 Å². The maximum Gasteiger partial charge on any atom is 0.123 e. The second-order valence-electron chi connectivity index (χ2n) is 4.55. The molecule has 4 nitrogen and oxygen atoms in total. The highest BCUT2D eigenvalue weighted by Crippen LogP contribution is 2.34. The van der Waals surface area contributed by atoms with Crippen LogP contribution in [0.1, 0.15) is 18.0 Å². The van der Waals surface area contributed by atoms with Crippen LogP contribution in [-0.4, -0.2) is 38.2 Å². The number of nitrogens with one attached hydrogen (secondary N) is 1. The number of piperazine rings is 1. The summed E-state index contributed by atoms with van der Waals surface area (Å²) in [6, 6.07) is 8.37. The zero-order chi connectivity index (χ0) is 13.7. The summed E-state index contributed by atoms with van der Waals surface area (Å²) in [6.45, 7) is 3.86. The Hall–Kier alpha value is -1.09. The Kier molecular flexibility index (Phi) is 5.20. The third kappa shape index (κ3) is 3.47. The molecule has 1 aromatic carbocycles. The highest BCUT2D eigenvalue weighted by atomic mass is 79.9. The van der Waals surface area contributed by atoms with Gasteiger partial charge in [-0.2, -0.15) is 5.26 Å². The first-order chi connectivity index (χ1) is 9.26. The van der Waals surface area contributed by atoms with E-state index in [2.05, 4.69) is 38.3 Å². The van der Waals surface area contributed by atoms with Crippen LogP contribution in [-0.2, 0) is 0 Å². The van der Waals surface area contributed by atoms with Crippen LogP contribution in [0.4, 0.5) is 0 Å². The zero-order valence-corrected chi connectivity index (χ0v) is 12.6. The molecule has 5 heteroatoms. The Labute approximate surface area is 122 Å². The molecule has 1 aromatic rings. The van der Waals surface area contributed by atoms with Gasteiger partial charge in [-0.25, -0.2) is 0 Å². The number of benzene rings is 1. The summed E-state index contributed by atoms with van der Waals surface area (Å²) in [6.07, 6.45) is 0.479. The van der Waals surface area contributed by atoms with Crippen LogP contribution in [0.15, 0.2) is 22.7 Å². The predicted molar refractivity (Wildman–Crippen MR) is 78.1 cm³/mol. The van der Waals surface area contributed by atoms with Gasteiger partial charge in [0, 0.05) is 36.2 Å². The van der Waals surface area contributed by atoms with Gasteiger partial charge in [-0.1, -0.05) is 15.9 Å². The summed E-state index contributed by atoms with van der Waals surface area (Å²) in [5.41, 5.74) is 1.08. The van der Waals surface area contributed by atoms with E-state index in [-0.39, 0.29) is 6.04 Å². The molecular weight excluding hydrogens is 306 g/mol. The number of rotatable bonds is 4. The lowest BCUT2D eigenvalue weighted by Crippen LogP contribution is -2.45. The summed E-state index contributed by atoms with van der Waals surface area (Å²) in [7, 11) is 1.67. The summed E-state index contributed by atoms with van der Waals surface area (Å²) < 4.78 is 6.46. The second kappa shape index (κ2) is 6.90. The highest BCUT2D eigenvalue weighted by Gasteiger charge is 2.24. The van der Waals surface area contributed by atoms with Crippen molar-refractivity contribution >= 4 is 15.9 Å². The van der Waals surface area contributed by atoms with Gasteiger partial charge in [0.15, 0.2) is 0 Å². The van der Waals surface area contributed by atoms with Gasteiger partial charge in [0.1, 0.15) is 5.75 Å². The van der Waals surface area contributed by atoms with Crippen molar-refractivity contribution in [3.63, 3.8) is 0 Å². The van der Waals surface area contributed by atoms with Gasteiger partial charge in [0.2, 0.25) is 0 Å². The number of halogens is 1. The molecule has 102 valence electrons. The third-order valence-corrected chi connectivity index (χ3v) is 3.92. The number of methoxy groups -OCH3 is 1. The third-order valence-electron chi connectivity index (χ3n) is 3.43. The molecule has 1 aliphatic heterocycles. The molecule has 0 aromatic heterocycles. The number of hydrogen-bond acceptors (Lipinski definition) is 4. The van der Waals surface area contributed by atoms with Gasteiger partial charge in [-0.3, -0.25) is 4.90 Å². The van der Waals surface area contributed by atoms with E-state index in [0.717, 1.165) is 42.0 Å². The van der Waals surface area contributed by atoms with Crippen LogP contribution in [0.3, 0.4) is 0 Å². The number of nitriles is 1. The molecule has 1 aliphatic rings. The average Bonchev–Trinajstić information content (AvgIpc) is 2.45. The maximum absolute atomic E-state index is 9.12. The van der Waals surface area contributed by atoms with Gasteiger partial charge in [0.25, 0.3) is 0 Å². The van der Waals surface area contributed by atoms with Crippen molar-refractivity contribution < 1.29 is 4.74 Å². The van der Waals surface area contributed by atoms with E-state index >= 15 is 0 Å². The largest absolute Gasteiger partial charge is 0.496 e. The van der Waals surface area contributed by atoms with Crippen LogP contribution in [0.2, 0.25) is 0 Å². The lowest BCUT2D eigenvalue weighted by atomic mass is 10.0. The van der Waals surface area contributed by atoms with Gasteiger partial charge in [-0.05, 0) is 18.2 Å². The van der Waals surface area contributed by atoms with Crippen LogP contribution in [0.25, 0.3) is 0 Å². The molecule has 0 amide bonds. The van der Waals surface area contributed by atoms with Crippen LogP contribution in [0.5, 0.6) is 5.75 Å². The molecule has 1 atom stereocenters. The minimum atomic E-state index is 0.0968. The first kappa shape index (κ1) is 14.3. The van der Waals surface area contributed by atoms with E-state index in [1.54, 1.807) is 7.11 Å². The fraction of sp³-hybridized carbons (Fsp3) is 0.500. The van der Waals surface area contributed by atoms with Crippen LogP contribution >= 0.6 is 15.9 Å². The van der Waals surface area contributed by atoms with E-state index < -0.39 is 0 Å². The predicted octanol–water partition coefficient (Wildman–Crippen LogP) is 2.32. The molecule has 0 bridgehead atoms. The SMILES string of the molecule is COc1ccc(Br)cc1[C@@H](CC#N)N1CCNCC1. The molecule has 2 rings (SSSR count). The second-order valence-corrected chi connectivity index (χ2v) is 5.47. The van der Waals surface area contributed by atoms with Gasteiger partial charge >= 0.3 is 0 Å². The molecule has 0 radical (unpaired) electrons. The van der Waals surface area contributed by atoms with E-state index in [1.165, 1.54) is 0 Å². The molecule has 0 unspecified atom stereocenters. The first-order valence-corrected chi connectivity index (χ1v) is 7.20. The Morgan fingerprint density at radius 2 is 2.21 bits per heavy atom. The van der Waals surface area contributed by atoms with E-state index in [0.29, 0.717) is 6.42 Å². The quantitative estimate of drug-likeness (QED) is 0.923. The van der Waals surface area contributed by atoms with Crippen molar-refractivity contribution in [3.05, 3.63) is 28.2 Å². The van der Waals surface area contributed by atoms with Crippen molar-refractivity contribution in [1.29, 1.82) is 5.26 Å². The van der Waals surface area contributed by atoms with E-state index in [4.69, 9.17) is 10.00 Å². The average molecular weight is 324 g/mol. The van der Waals surface area contributed by atoms with E-state index in [9.17, 15) is 0 Å². The van der Waals surface area contributed by atoms with Crippen molar-refractivity contribution in [2.45, 2.75) is 12.5 Å². The number of hydrogen-bond donors (Lipinski definition) is 1. The maximum atomic E-state index is 9.12. The minimum Gasteiger partial charge on any atom is -0.496 e. The normalized spacial score (nSPS) is 17.7. The molecule has 0 aliphatic carbocycles. The Balaban J connectivity index is 2.32. The highest BCUT2D eigenvalue weighted by molar-refractivity contribution is 9.10. The molecule has 0 spiro atoms. The van der Waals surface area contributed by atoms with Crippen molar-refractivity contribution in [2.24, 2.45) is 0 Å². The lowest BCUT2D eigenvalue weighted by molar-refractivity contribution is 0.172. The van der Waals surface area contributed by atoms with E-state index in [1.807, 2.05) is 12.1 Å². The lowest BCUT2D eigenvalue weighted by Gasteiger charge is -2.34. The Bertz CT molecular complexity index is 466. The van der Waals surface area contributed by atoms with Crippen molar-refractivity contribution in [1.82, 2.24) is 10.2 Å². The van der Waals surface area contributed by atoms with Gasteiger partial charge in [0.05, 0.1) is 25.6 Å². The zero-order valence-electron chi connectivity index (χ0n) is 11.0. The van der Waals surface area contributed by atoms with Gasteiger partial charge < -0.3 is 10.1 Å². The standard InChI is InChI=1S/C14H18BrN3O/c1-19-14-3-2-11(15)10-12(14)13(4-5-16)18-8-6-17-7-9-18/h2-3,10,13,17H,4,6-9H2,1H3/t13-/m1/s1. The fourth-order valence-corrected chi connectivity index (χ4v) is 2.86. The summed E-state index contributed by atoms with van der Waals surface area (Å²) >= 11 is 3.50. The molecule has 1 heterocycles. The van der Waals surface area contributed by atoms with Crippen LogP contribution < -0.4 is 10.1 Å². The summed E-state index contributed by atoms with van der Waals surface area (Å²) in [5, 5.41) is 12.5. The first-order valence-electron chi connectivity index (χ1n) is 6.41. The smallest absolute Gasteiger partial charge is 0.123 e. The molecule has 1 fully saturated rings. The van der Waals surface area contributed by atoms with Gasteiger partial charge in [-0.15, -0.1) is 0 Å². The number of nitrogens with zero attached hydrogens (tertiary/aromatic N) is 2. The summed E-state index contributed by atoms with van der Waals surface area (Å²) in [4.78, 5) is 2.35. The Morgan fingerprint density at radius 3 is 2.84 bits per heavy atom. The molecule has 0 saturated carbocycles. The van der Waals surface area contributed by atoms with Crippen molar-refractivity contribution in [3.8, 4) is 11.8 Å². The van der Waals surface area contributed by atoms with Crippen LogP contribution in [0, 0.1) is 11.3 Å². The van der Waals surface area contributed by atoms with Crippen molar-refractivity contribution in [2.75, 3.05) is 33.3 Å².